The molecule has 4 aromatic rings. The summed E-state index contributed by atoms with van der Waals surface area (Å²) in [6.07, 6.45) is 11.8. The lowest BCUT2D eigenvalue weighted by molar-refractivity contribution is 0.221. The highest BCUT2D eigenvalue weighted by Crippen LogP contribution is 2.38. The van der Waals surface area contributed by atoms with Gasteiger partial charge in [0, 0.05) is 52.7 Å². The normalized spacial score (nSPS) is 16.5. The highest BCUT2D eigenvalue weighted by molar-refractivity contribution is 6.04. The Balaban J connectivity index is 1.43. The van der Waals surface area contributed by atoms with Crippen LogP contribution in [0.15, 0.2) is 85.3 Å². The van der Waals surface area contributed by atoms with E-state index in [1.165, 1.54) is 59.9 Å². The number of likely N-dealkylation sites (tertiary alicyclic amines) is 1. The van der Waals surface area contributed by atoms with Gasteiger partial charge in [-0.15, -0.1) is 0 Å². The highest BCUT2D eigenvalue weighted by Gasteiger charge is 2.19. The summed E-state index contributed by atoms with van der Waals surface area (Å²) < 4.78 is 0. The summed E-state index contributed by atoms with van der Waals surface area (Å²) in [7, 11) is 0. The van der Waals surface area contributed by atoms with E-state index in [2.05, 4.69) is 80.3 Å². The van der Waals surface area contributed by atoms with E-state index in [1.807, 2.05) is 30.7 Å². The van der Waals surface area contributed by atoms with Crippen LogP contribution in [0.5, 0.6) is 0 Å². The zero-order chi connectivity index (χ0) is 22.7. The number of allylic oxidation sites excluding steroid dienone is 2. The molecule has 0 amide bonds. The van der Waals surface area contributed by atoms with Crippen LogP contribution in [-0.4, -0.2) is 28.0 Å². The summed E-state index contributed by atoms with van der Waals surface area (Å²) in [5.74, 6) is 0. The topological polar surface area (TPSA) is 56.0 Å². The highest BCUT2D eigenvalue weighted by atomic mass is 15.4. The van der Waals surface area contributed by atoms with Crippen molar-refractivity contribution in [2.75, 3.05) is 13.1 Å². The quantitative estimate of drug-likeness (QED) is 0.367. The molecular weight excluding hydrogens is 418 g/mol. The zero-order valence-electron chi connectivity index (χ0n) is 19.2. The molecule has 34 heavy (non-hydrogen) atoms. The number of hydrazine groups is 1. The standard InChI is InChI=1S/C29H29N5/c1-3-7-23(8-4-1)28-25-10-9-21(20-34-15-5-2-6-16-34)17-27(25)32-29(28)24-18-26(33-31-19-24)22-11-13-30-14-12-22/h1,3-4,7-14,17-19,31-33H,2,5-6,15-16,20H2. The third-order valence-electron chi connectivity index (χ3n) is 6.79. The summed E-state index contributed by atoms with van der Waals surface area (Å²) in [5, 5.41) is 1.25. The Kier molecular flexibility index (Phi) is 5.61. The number of piperidine rings is 1. The third-order valence-corrected chi connectivity index (χ3v) is 6.79. The molecule has 1 saturated heterocycles. The van der Waals surface area contributed by atoms with Crippen molar-refractivity contribution in [2.45, 2.75) is 25.8 Å². The number of aromatic nitrogens is 2. The number of fused-ring (bicyclic) bond motifs is 1. The average Bonchev–Trinajstić information content (AvgIpc) is 3.29. The number of nitrogens with zero attached hydrogens (tertiary/aromatic N) is 2. The molecule has 0 radical (unpaired) electrons. The van der Waals surface area contributed by atoms with Crippen LogP contribution in [0.1, 0.15) is 36.1 Å². The summed E-state index contributed by atoms with van der Waals surface area (Å²) in [4.78, 5) is 10.5. The van der Waals surface area contributed by atoms with Crippen LogP contribution in [0, 0.1) is 0 Å². The molecule has 6 rings (SSSR count). The molecule has 2 aromatic heterocycles. The van der Waals surface area contributed by atoms with Crippen molar-refractivity contribution in [3.63, 3.8) is 0 Å². The van der Waals surface area contributed by atoms with Gasteiger partial charge in [0.15, 0.2) is 0 Å². The van der Waals surface area contributed by atoms with Gasteiger partial charge in [0.2, 0.25) is 0 Å². The van der Waals surface area contributed by atoms with Gasteiger partial charge >= 0.3 is 0 Å². The number of nitrogens with one attached hydrogen (secondary N) is 3. The van der Waals surface area contributed by atoms with E-state index in [9.17, 15) is 0 Å². The van der Waals surface area contributed by atoms with Gasteiger partial charge in [0.1, 0.15) is 0 Å². The van der Waals surface area contributed by atoms with Crippen molar-refractivity contribution in [1.29, 1.82) is 0 Å². The van der Waals surface area contributed by atoms with Crippen LogP contribution in [-0.2, 0) is 6.54 Å². The minimum atomic E-state index is 1.02. The lowest BCUT2D eigenvalue weighted by atomic mass is 9.97. The van der Waals surface area contributed by atoms with Crippen LogP contribution in [0.25, 0.3) is 33.3 Å². The van der Waals surface area contributed by atoms with Gasteiger partial charge in [0.25, 0.3) is 0 Å². The number of rotatable bonds is 5. The molecule has 0 saturated carbocycles. The van der Waals surface area contributed by atoms with Crippen LogP contribution in [0.3, 0.4) is 0 Å². The van der Waals surface area contributed by atoms with E-state index in [0.29, 0.717) is 0 Å². The Labute approximate surface area is 200 Å². The molecule has 4 heterocycles. The Morgan fingerprint density at radius 3 is 2.50 bits per heavy atom. The number of H-pyrrole nitrogens is 1. The molecule has 2 aromatic carbocycles. The Morgan fingerprint density at radius 1 is 0.853 bits per heavy atom. The van der Waals surface area contributed by atoms with E-state index in [1.54, 1.807) is 0 Å². The second kappa shape index (κ2) is 9.20. The number of aromatic amines is 1. The minimum Gasteiger partial charge on any atom is -0.354 e. The largest absolute Gasteiger partial charge is 0.354 e. The van der Waals surface area contributed by atoms with E-state index in [0.717, 1.165) is 29.1 Å². The molecule has 2 aliphatic rings. The first-order chi connectivity index (χ1) is 16.8. The van der Waals surface area contributed by atoms with E-state index >= 15 is 0 Å². The molecule has 5 nitrogen and oxygen atoms in total. The van der Waals surface area contributed by atoms with Crippen molar-refractivity contribution in [3.05, 3.63) is 102 Å². The molecule has 5 heteroatoms. The number of benzene rings is 2. The second-order valence-corrected chi connectivity index (χ2v) is 9.12. The second-order valence-electron chi connectivity index (χ2n) is 9.12. The first-order valence-electron chi connectivity index (χ1n) is 12.1. The minimum absolute atomic E-state index is 1.02. The number of hydrogen-bond acceptors (Lipinski definition) is 4. The molecule has 170 valence electrons. The Bertz CT molecular complexity index is 1350. The summed E-state index contributed by atoms with van der Waals surface area (Å²) in [6.45, 7) is 3.43. The molecular formula is C29H29N5. The predicted molar refractivity (Wildman–Crippen MR) is 139 cm³/mol. The SMILES string of the molecule is C1=C(c2ccncc2)NNC=C1c1[nH]c2cc(CN3CCCCC3)ccc2c1-c1ccccc1. The monoisotopic (exact) mass is 447 g/mol. The van der Waals surface area contributed by atoms with E-state index in [-0.39, 0.29) is 0 Å². The maximum absolute atomic E-state index is 4.15. The van der Waals surface area contributed by atoms with Gasteiger partial charge in [-0.1, -0.05) is 48.9 Å². The Morgan fingerprint density at radius 2 is 1.68 bits per heavy atom. The first kappa shape index (κ1) is 20.8. The fourth-order valence-corrected chi connectivity index (χ4v) is 5.10. The summed E-state index contributed by atoms with van der Waals surface area (Å²) in [5.41, 5.74) is 15.9. The van der Waals surface area contributed by atoms with E-state index in [4.69, 9.17) is 0 Å². The third kappa shape index (κ3) is 4.11. The smallest absolute Gasteiger partial charge is 0.0620 e. The molecule has 0 bridgehead atoms. The molecule has 1 fully saturated rings. The van der Waals surface area contributed by atoms with Gasteiger partial charge in [-0.3, -0.25) is 9.88 Å². The molecule has 2 aliphatic heterocycles. The summed E-state index contributed by atoms with van der Waals surface area (Å²) in [6, 6.07) is 21.6. The van der Waals surface area contributed by atoms with Crippen molar-refractivity contribution in [2.24, 2.45) is 0 Å². The number of pyridine rings is 1. The van der Waals surface area contributed by atoms with Gasteiger partial charge in [-0.05, 0) is 61.3 Å². The Hall–Kier alpha value is -3.83. The fourth-order valence-electron chi connectivity index (χ4n) is 5.10. The van der Waals surface area contributed by atoms with Gasteiger partial charge in [-0.2, -0.15) is 0 Å². The van der Waals surface area contributed by atoms with Gasteiger partial charge in [0.05, 0.1) is 11.4 Å². The van der Waals surface area contributed by atoms with Crippen LogP contribution < -0.4 is 10.9 Å². The first-order valence-corrected chi connectivity index (χ1v) is 12.1. The predicted octanol–water partition coefficient (Wildman–Crippen LogP) is 5.71. The van der Waals surface area contributed by atoms with Crippen molar-refractivity contribution < 1.29 is 0 Å². The van der Waals surface area contributed by atoms with E-state index < -0.39 is 0 Å². The van der Waals surface area contributed by atoms with Crippen molar-refractivity contribution in [1.82, 2.24) is 25.7 Å². The van der Waals surface area contributed by atoms with Crippen molar-refractivity contribution >= 4 is 22.2 Å². The zero-order valence-corrected chi connectivity index (χ0v) is 19.2. The lowest BCUT2D eigenvalue weighted by Crippen LogP contribution is -2.29. The molecule has 0 aliphatic carbocycles. The molecule has 0 unspecified atom stereocenters. The van der Waals surface area contributed by atoms with Crippen molar-refractivity contribution in [3.8, 4) is 11.1 Å². The lowest BCUT2D eigenvalue weighted by Gasteiger charge is -2.26. The average molecular weight is 448 g/mol. The van der Waals surface area contributed by atoms with Crippen LogP contribution in [0.2, 0.25) is 0 Å². The van der Waals surface area contributed by atoms with Crippen LogP contribution in [0.4, 0.5) is 0 Å². The fraction of sp³-hybridized carbons (Fsp3) is 0.207. The van der Waals surface area contributed by atoms with Gasteiger partial charge < -0.3 is 15.8 Å². The van der Waals surface area contributed by atoms with Gasteiger partial charge in [-0.25, -0.2) is 0 Å². The molecule has 0 atom stereocenters. The van der Waals surface area contributed by atoms with Crippen LogP contribution >= 0.6 is 0 Å². The summed E-state index contributed by atoms with van der Waals surface area (Å²) >= 11 is 0. The number of hydrogen-bond donors (Lipinski definition) is 3. The maximum atomic E-state index is 4.15. The molecule has 3 N–H and O–H groups in total. The molecule has 0 spiro atoms. The maximum Gasteiger partial charge on any atom is 0.0620 e.